The summed E-state index contributed by atoms with van der Waals surface area (Å²) in [7, 11) is -0.860. The average Bonchev–Trinajstić information content (AvgIpc) is 2.29. The molecule has 0 aliphatic heterocycles. The standard InChI is InChI=1S/C13H27NO2S/c1-5-10(2)13(14-3)11-7-6-8-12(9-11)17(4,15)16/h10-14H,5-9H2,1-4H3. The summed E-state index contributed by atoms with van der Waals surface area (Å²) in [4.78, 5) is 0. The van der Waals surface area contributed by atoms with E-state index in [0.29, 0.717) is 17.9 Å². The number of nitrogens with one attached hydrogen (secondary N) is 1. The first kappa shape index (κ1) is 15.0. The van der Waals surface area contributed by atoms with Crippen LogP contribution in [0.15, 0.2) is 0 Å². The van der Waals surface area contributed by atoms with E-state index in [1.807, 2.05) is 7.05 Å². The maximum Gasteiger partial charge on any atom is 0.150 e. The predicted molar refractivity (Wildman–Crippen MR) is 72.9 cm³/mol. The molecule has 0 aromatic heterocycles. The SMILES string of the molecule is CCC(C)C(NC)C1CCCC(S(C)(=O)=O)C1. The molecule has 4 heteroatoms. The Kier molecular flexibility index (Phi) is 5.45. The summed E-state index contributed by atoms with van der Waals surface area (Å²) in [6, 6.07) is 0.463. The molecule has 4 atom stereocenters. The monoisotopic (exact) mass is 261 g/mol. The number of hydrogen-bond donors (Lipinski definition) is 1. The van der Waals surface area contributed by atoms with Crippen LogP contribution in [0.25, 0.3) is 0 Å². The van der Waals surface area contributed by atoms with Gasteiger partial charge in [-0.05, 0) is 38.1 Å². The lowest BCUT2D eigenvalue weighted by Crippen LogP contribution is -2.43. The van der Waals surface area contributed by atoms with E-state index in [1.54, 1.807) is 0 Å². The number of sulfone groups is 1. The van der Waals surface area contributed by atoms with Gasteiger partial charge in [-0.15, -0.1) is 0 Å². The molecule has 0 heterocycles. The zero-order valence-electron chi connectivity index (χ0n) is 11.6. The Morgan fingerprint density at radius 3 is 2.47 bits per heavy atom. The van der Waals surface area contributed by atoms with Gasteiger partial charge in [-0.3, -0.25) is 0 Å². The summed E-state index contributed by atoms with van der Waals surface area (Å²) in [5.74, 6) is 1.13. The molecule has 0 radical (unpaired) electrons. The van der Waals surface area contributed by atoms with Crippen molar-refractivity contribution in [2.45, 2.75) is 57.2 Å². The third-order valence-corrected chi connectivity index (χ3v) is 6.01. The predicted octanol–water partition coefficient (Wildman–Crippen LogP) is 2.22. The summed E-state index contributed by atoms with van der Waals surface area (Å²) < 4.78 is 23.3. The van der Waals surface area contributed by atoms with E-state index in [-0.39, 0.29) is 5.25 Å². The van der Waals surface area contributed by atoms with E-state index in [1.165, 1.54) is 12.7 Å². The minimum Gasteiger partial charge on any atom is -0.316 e. The molecule has 1 aliphatic rings. The van der Waals surface area contributed by atoms with E-state index in [9.17, 15) is 8.42 Å². The van der Waals surface area contributed by atoms with Crippen LogP contribution >= 0.6 is 0 Å². The number of hydrogen-bond acceptors (Lipinski definition) is 3. The van der Waals surface area contributed by atoms with Crippen LogP contribution in [0.3, 0.4) is 0 Å². The molecule has 102 valence electrons. The largest absolute Gasteiger partial charge is 0.316 e. The second-order valence-electron chi connectivity index (χ2n) is 5.58. The van der Waals surface area contributed by atoms with E-state index in [4.69, 9.17) is 0 Å². The van der Waals surface area contributed by atoms with Gasteiger partial charge in [0.1, 0.15) is 9.84 Å². The van der Waals surface area contributed by atoms with Crippen molar-refractivity contribution < 1.29 is 8.42 Å². The van der Waals surface area contributed by atoms with Crippen LogP contribution < -0.4 is 5.32 Å². The van der Waals surface area contributed by atoms with E-state index < -0.39 is 9.84 Å². The third kappa shape index (κ3) is 3.95. The molecule has 0 amide bonds. The normalized spacial score (nSPS) is 29.9. The fraction of sp³-hybridized carbons (Fsp3) is 1.00. The third-order valence-electron chi connectivity index (χ3n) is 4.37. The Morgan fingerprint density at radius 2 is 2.00 bits per heavy atom. The molecule has 1 N–H and O–H groups in total. The summed E-state index contributed by atoms with van der Waals surface area (Å²) in [5, 5.41) is 3.29. The Bertz CT molecular complexity index is 326. The summed E-state index contributed by atoms with van der Waals surface area (Å²) in [6.07, 6.45) is 6.45. The van der Waals surface area contributed by atoms with Gasteiger partial charge >= 0.3 is 0 Å². The first-order valence-electron chi connectivity index (χ1n) is 6.76. The molecule has 0 aromatic carbocycles. The van der Waals surface area contributed by atoms with Crippen molar-refractivity contribution in [1.82, 2.24) is 5.32 Å². The Hall–Kier alpha value is -0.0900. The molecule has 0 bridgehead atoms. The lowest BCUT2D eigenvalue weighted by Gasteiger charge is -2.36. The van der Waals surface area contributed by atoms with Crippen LogP contribution in [0.1, 0.15) is 46.0 Å². The lowest BCUT2D eigenvalue weighted by molar-refractivity contribution is 0.222. The van der Waals surface area contributed by atoms with Gasteiger partial charge in [0.25, 0.3) is 0 Å². The summed E-state index contributed by atoms with van der Waals surface area (Å²) >= 11 is 0. The van der Waals surface area contributed by atoms with Crippen molar-refractivity contribution >= 4 is 9.84 Å². The summed E-state index contributed by atoms with van der Waals surface area (Å²) in [5.41, 5.74) is 0. The topological polar surface area (TPSA) is 46.2 Å². The van der Waals surface area contributed by atoms with Crippen molar-refractivity contribution in [2.24, 2.45) is 11.8 Å². The van der Waals surface area contributed by atoms with Gasteiger partial charge in [0, 0.05) is 12.3 Å². The van der Waals surface area contributed by atoms with Crippen LogP contribution in [0.2, 0.25) is 0 Å². The highest BCUT2D eigenvalue weighted by Gasteiger charge is 2.33. The second-order valence-corrected chi connectivity index (χ2v) is 7.90. The van der Waals surface area contributed by atoms with Crippen LogP contribution in [-0.4, -0.2) is 33.0 Å². The van der Waals surface area contributed by atoms with Gasteiger partial charge < -0.3 is 5.32 Å². The molecule has 17 heavy (non-hydrogen) atoms. The van der Waals surface area contributed by atoms with Crippen LogP contribution in [-0.2, 0) is 9.84 Å². The summed E-state index contributed by atoms with van der Waals surface area (Å²) in [6.45, 7) is 4.46. The van der Waals surface area contributed by atoms with Gasteiger partial charge in [0.2, 0.25) is 0 Å². The molecule has 1 rings (SSSR count). The van der Waals surface area contributed by atoms with Crippen LogP contribution in [0.5, 0.6) is 0 Å². The van der Waals surface area contributed by atoms with Crippen molar-refractivity contribution in [2.75, 3.05) is 13.3 Å². The quantitative estimate of drug-likeness (QED) is 0.825. The highest BCUT2D eigenvalue weighted by atomic mass is 32.2. The highest BCUT2D eigenvalue weighted by molar-refractivity contribution is 7.91. The van der Waals surface area contributed by atoms with Crippen molar-refractivity contribution in [1.29, 1.82) is 0 Å². The average molecular weight is 261 g/mol. The number of rotatable bonds is 5. The first-order chi connectivity index (χ1) is 7.90. The molecule has 4 unspecified atom stereocenters. The molecular weight excluding hydrogens is 234 g/mol. The first-order valence-corrected chi connectivity index (χ1v) is 8.71. The zero-order chi connectivity index (χ0) is 13.1. The molecular formula is C13H27NO2S. The molecule has 0 spiro atoms. The molecule has 1 fully saturated rings. The molecule has 0 aromatic rings. The minimum atomic E-state index is -2.86. The van der Waals surface area contributed by atoms with E-state index in [0.717, 1.165) is 25.7 Å². The Morgan fingerprint density at radius 1 is 1.35 bits per heavy atom. The lowest BCUT2D eigenvalue weighted by atomic mass is 9.78. The molecule has 1 aliphatic carbocycles. The second kappa shape index (κ2) is 6.19. The van der Waals surface area contributed by atoms with E-state index in [2.05, 4.69) is 19.2 Å². The van der Waals surface area contributed by atoms with Gasteiger partial charge in [0.15, 0.2) is 0 Å². The van der Waals surface area contributed by atoms with Crippen LogP contribution in [0.4, 0.5) is 0 Å². The maximum absolute atomic E-state index is 11.7. The smallest absolute Gasteiger partial charge is 0.150 e. The van der Waals surface area contributed by atoms with E-state index >= 15 is 0 Å². The fourth-order valence-electron chi connectivity index (χ4n) is 3.13. The van der Waals surface area contributed by atoms with Gasteiger partial charge in [0.05, 0.1) is 5.25 Å². The Labute approximate surface area is 106 Å². The maximum atomic E-state index is 11.7. The highest BCUT2D eigenvalue weighted by Crippen LogP contribution is 2.33. The Balaban J connectivity index is 2.71. The molecule has 0 saturated heterocycles. The fourth-order valence-corrected chi connectivity index (χ4v) is 4.33. The molecule has 1 saturated carbocycles. The van der Waals surface area contributed by atoms with Crippen molar-refractivity contribution in [3.05, 3.63) is 0 Å². The van der Waals surface area contributed by atoms with Crippen molar-refractivity contribution in [3.8, 4) is 0 Å². The van der Waals surface area contributed by atoms with Crippen LogP contribution in [0, 0.1) is 11.8 Å². The zero-order valence-corrected chi connectivity index (χ0v) is 12.4. The molecule has 3 nitrogen and oxygen atoms in total. The van der Waals surface area contributed by atoms with Gasteiger partial charge in [-0.25, -0.2) is 8.42 Å². The van der Waals surface area contributed by atoms with Gasteiger partial charge in [-0.2, -0.15) is 0 Å². The van der Waals surface area contributed by atoms with Gasteiger partial charge in [-0.1, -0.05) is 26.7 Å². The minimum absolute atomic E-state index is 0.110. The van der Waals surface area contributed by atoms with Crippen molar-refractivity contribution in [3.63, 3.8) is 0 Å².